The summed E-state index contributed by atoms with van der Waals surface area (Å²) in [4.78, 5) is 12.1. The molecule has 19 heavy (non-hydrogen) atoms. The first-order valence-corrected chi connectivity index (χ1v) is 6.20. The summed E-state index contributed by atoms with van der Waals surface area (Å²) in [5.41, 5.74) is 4.60. The fourth-order valence-corrected chi connectivity index (χ4v) is 1.62. The Hall–Kier alpha value is -1.49. The van der Waals surface area contributed by atoms with Crippen molar-refractivity contribution in [3.63, 3.8) is 0 Å². The Labute approximate surface area is 112 Å². The lowest BCUT2D eigenvalue weighted by atomic mass is 9.88. The highest BCUT2D eigenvalue weighted by Gasteiger charge is 2.31. The maximum Gasteiger partial charge on any atom is 0.257 e. The molecule has 0 saturated carbocycles. The van der Waals surface area contributed by atoms with Crippen molar-refractivity contribution in [1.82, 2.24) is 5.32 Å². The van der Waals surface area contributed by atoms with Gasteiger partial charge in [-0.1, -0.05) is 19.9 Å². The number of nitrogens with two attached hydrogens (primary N) is 1. The van der Waals surface area contributed by atoms with Crippen LogP contribution in [0.2, 0.25) is 0 Å². The van der Waals surface area contributed by atoms with Crippen LogP contribution in [0.15, 0.2) is 12.1 Å². The summed E-state index contributed by atoms with van der Waals surface area (Å²) >= 11 is 0. The summed E-state index contributed by atoms with van der Waals surface area (Å²) in [6.45, 7) is 7.19. The van der Waals surface area contributed by atoms with Gasteiger partial charge in [0, 0.05) is 6.54 Å². The summed E-state index contributed by atoms with van der Waals surface area (Å²) in [7, 11) is 0. The van der Waals surface area contributed by atoms with Crippen LogP contribution in [0.1, 0.15) is 36.7 Å². The minimum absolute atomic E-state index is 0.0392. The maximum absolute atomic E-state index is 13.9. The first kappa shape index (κ1) is 15.6. The molecule has 1 unspecified atom stereocenters. The molecule has 0 saturated heterocycles. The molecule has 1 aromatic carbocycles. The lowest BCUT2D eigenvalue weighted by Crippen LogP contribution is -2.55. The van der Waals surface area contributed by atoms with E-state index in [0.29, 0.717) is 0 Å². The van der Waals surface area contributed by atoms with Crippen LogP contribution >= 0.6 is 0 Å². The van der Waals surface area contributed by atoms with Crippen LogP contribution in [-0.2, 0) is 0 Å². The number of carbonyl (C=O) groups is 1. The smallest absolute Gasteiger partial charge is 0.257 e. The van der Waals surface area contributed by atoms with Gasteiger partial charge < -0.3 is 11.1 Å². The van der Waals surface area contributed by atoms with E-state index >= 15 is 0 Å². The average Bonchev–Trinajstić information content (AvgIpc) is 2.34. The average molecular weight is 270 g/mol. The fraction of sp³-hybridized carbons (Fsp3) is 0.500. The Morgan fingerprint density at radius 1 is 1.42 bits per heavy atom. The van der Waals surface area contributed by atoms with Crippen LogP contribution in [0.25, 0.3) is 0 Å². The van der Waals surface area contributed by atoms with Gasteiger partial charge in [0.25, 0.3) is 5.91 Å². The van der Waals surface area contributed by atoms with Gasteiger partial charge in [0.1, 0.15) is 17.2 Å². The number of amides is 1. The van der Waals surface area contributed by atoms with E-state index in [1.165, 1.54) is 13.0 Å². The Morgan fingerprint density at radius 2 is 2.00 bits per heavy atom. The molecule has 1 aromatic rings. The van der Waals surface area contributed by atoms with Crippen molar-refractivity contribution < 1.29 is 13.6 Å². The number of nitrogens with one attached hydrogen (secondary N) is 1. The minimum Gasteiger partial charge on any atom is -0.345 e. The number of halogens is 2. The largest absolute Gasteiger partial charge is 0.345 e. The summed E-state index contributed by atoms with van der Waals surface area (Å²) in [6, 6.07) is 2.38. The predicted molar refractivity (Wildman–Crippen MR) is 70.9 cm³/mol. The zero-order valence-electron chi connectivity index (χ0n) is 11.7. The molecular formula is C14H20F2N2O. The predicted octanol–water partition coefficient (Wildman–Crippen LogP) is 2.38. The molecule has 5 heteroatoms. The summed E-state index contributed by atoms with van der Waals surface area (Å²) < 4.78 is 27.5. The van der Waals surface area contributed by atoms with Gasteiger partial charge in [-0.2, -0.15) is 0 Å². The van der Waals surface area contributed by atoms with Gasteiger partial charge in [-0.15, -0.1) is 0 Å². The molecule has 0 aliphatic rings. The molecule has 0 aromatic heterocycles. The van der Waals surface area contributed by atoms with E-state index in [0.717, 1.165) is 6.07 Å². The Morgan fingerprint density at radius 3 is 2.47 bits per heavy atom. The Bertz CT molecular complexity index is 489. The third-order valence-electron chi connectivity index (χ3n) is 3.61. The van der Waals surface area contributed by atoms with Gasteiger partial charge in [-0.3, -0.25) is 4.79 Å². The second-order valence-electron chi connectivity index (χ2n) is 5.28. The van der Waals surface area contributed by atoms with Crippen molar-refractivity contribution in [1.29, 1.82) is 0 Å². The molecular weight excluding hydrogens is 250 g/mol. The molecule has 0 fully saturated rings. The van der Waals surface area contributed by atoms with Crippen LogP contribution in [0.3, 0.4) is 0 Å². The van der Waals surface area contributed by atoms with E-state index in [-0.39, 0.29) is 18.0 Å². The van der Waals surface area contributed by atoms with Crippen LogP contribution in [0, 0.1) is 24.5 Å². The fourth-order valence-electron chi connectivity index (χ4n) is 1.62. The number of rotatable bonds is 4. The van der Waals surface area contributed by atoms with Crippen molar-refractivity contribution >= 4 is 5.91 Å². The molecule has 3 nitrogen and oxygen atoms in total. The number of benzene rings is 1. The van der Waals surface area contributed by atoms with Gasteiger partial charge in [-0.25, -0.2) is 8.78 Å². The molecule has 0 aliphatic carbocycles. The summed E-state index contributed by atoms with van der Waals surface area (Å²) in [5.74, 6) is -2.44. The third-order valence-corrected chi connectivity index (χ3v) is 3.61. The quantitative estimate of drug-likeness (QED) is 0.882. The standard InChI is InChI=1S/C14H20F2N2O/c1-8(2)14(4,7-17)18-13(19)11-10(15)6-5-9(3)12(11)16/h5-6,8H,7,17H2,1-4H3,(H,18,19). The monoisotopic (exact) mass is 270 g/mol. The van der Waals surface area contributed by atoms with Crippen molar-refractivity contribution in [2.75, 3.05) is 6.54 Å². The van der Waals surface area contributed by atoms with Gasteiger partial charge in [-0.05, 0) is 31.4 Å². The molecule has 0 aliphatic heterocycles. The van der Waals surface area contributed by atoms with E-state index < -0.39 is 28.6 Å². The van der Waals surface area contributed by atoms with Crippen molar-refractivity contribution in [3.05, 3.63) is 34.9 Å². The number of aryl methyl sites for hydroxylation is 1. The molecule has 0 heterocycles. The van der Waals surface area contributed by atoms with E-state index in [9.17, 15) is 13.6 Å². The van der Waals surface area contributed by atoms with Gasteiger partial charge in [0.2, 0.25) is 0 Å². The first-order valence-electron chi connectivity index (χ1n) is 6.20. The molecule has 1 rings (SSSR count). The Balaban J connectivity index is 3.12. The van der Waals surface area contributed by atoms with Gasteiger partial charge in [0.15, 0.2) is 0 Å². The van der Waals surface area contributed by atoms with E-state index in [1.54, 1.807) is 6.92 Å². The van der Waals surface area contributed by atoms with Crippen LogP contribution in [0.5, 0.6) is 0 Å². The molecule has 0 spiro atoms. The second kappa shape index (κ2) is 5.65. The summed E-state index contributed by atoms with van der Waals surface area (Å²) in [5, 5.41) is 2.62. The van der Waals surface area contributed by atoms with Crippen LogP contribution in [0.4, 0.5) is 8.78 Å². The lowest BCUT2D eigenvalue weighted by molar-refractivity contribution is 0.0874. The molecule has 0 bridgehead atoms. The molecule has 3 N–H and O–H groups in total. The highest BCUT2D eigenvalue weighted by atomic mass is 19.1. The third kappa shape index (κ3) is 3.10. The SMILES string of the molecule is Cc1ccc(F)c(C(=O)NC(C)(CN)C(C)C)c1F. The molecule has 1 atom stereocenters. The normalized spacial score (nSPS) is 14.3. The van der Waals surface area contributed by atoms with Crippen LogP contribution < -0.4 is 11.1 Å². The van der Waals surface area contributed by atoms with E-state index in [1.807, 2.05) is 13.8 Å². The van der Waals surface area contributed by atoms with Crippen molar-refractivity contribution in [3.8, 4) is 0 Å². The number of hydrogen-bond donors (Lipinski definition) is 2. The number of hydrogen-bond acceptors (Lipinski definition) is 2. The molecule has 1 amide bonds. The zero-order valence-corrected chi connectivity index (χ0v) is 11.7. The van der Waals surface area contributed by atoms with Crippen molar-refractivity contribution in [2.45, 2.75) is 33.2 Å². The topological polar surface area (TPSA) is 55.1 Å². The lowest BCUT2D eigenvalue weighted by Gasteiger charge is -2.33. The zero-order chi connectivity index (χ0) is 14.8. The highest BCUT2D eigenvalue weighted by Crippen LogP contribution is 2.20. The number of carbonyl (C=O) groups excluding carboxylic acids is 1. The van der Waals surface area contributed by atoms with Crippen LogP contribution in [-0.4, -0.2) is 18.0 Å². The molecule has 0 radical (unpaired) electrons. The maximum atomic E-state index is 13.9. The van der Waals surface area contributed by atoms with Crippen molar-refractivity contribution in [2.24, 2.45) is 11.7 Å². The highest BCUT2D eigenvalue weighted by molar-refractivity contribution is 5.95. The molecule has 106 valence electrons. The van der Waals surface area contributed by atoms with E-state index in [2.05, 4.69) is 5.32 Å². The first-order chi connectivity index (χ1) is 8.73. The summed E-state index contributed by atoms with van der Waals surface area (Å²) in [6.07, 6.45) is 0. The van der Waals surface area contributed by atoms with Gasteiger partial charge >= 0.3 is 0 Å². The minimum atomic E-state index is -0.872. The van der Waals surface area contributed by atoms with E-state index in [4.69, 9.17) is 5.73 Å². The Kier molecular flexibility index (Phi) is 4.63. The second-order valence-corrected chi connectivity index (χ2v) is 5.28. The van der Waals surface area contributed by atoms with Gasteiger partial charge in [0.05, 0.1) is 5.54 Å².